The molecule has 1 N–H and O–H groups in total. The molecule has 0 aromatic heterocycles. The average Bonchev–Trinajstić information content (AvgIpc) is 2.07. The van der Waals surface area contributed by atoms with E-state index in [0.29, 0.717) is 6.42 Å². The molecule has 2 atom stereocenters. The van der Waals surface area contributed by atoms with Gasteiger partial charge in [0.2, 0.25) is 0 Å². The Hall–Kier alpha value is -0.670. The van der Waals surface area contributed by atoms with E-state index in [0.717, 1.165) is 12.8 Å². The maximum Gasteiger partial charge on any atom is 0.184 e. The fraction of sp³-hybridized carbons (Fsp3) is 0.667. The molecule has 0 radical (unpaired) electrons. The van der Waals surface area contributed by atoms with Gasteiger partial charge in [-0.15, -0.1) is 0 Å². The molecule has 1 rings (SSSR count). The molecule has 12 heavy (non-hydrogen) atoms. The number of unbranched alkanes of at least 4 members (excludes halogenated alkanes) is 1. The van der Waals surface area contributed by atoms with Crippen LogP contribution in [-0.2, 0) is 9.53 Å². The van der Waals surface area contributed by atoms with E-state index in [4.69, 9.17) is 9.84 Å². The predicted octanol–water partition coefficient (Wildman–Crippen LogP) is 1.02. The molecule has 3 nitrogen and oxygen atoms in total. The van der Waals surface area contributed by atoms with Crippen LogP contribution in [0.4, 0.5) is 0 Å². The fourth-order valence-corrected chi connectivity index (χ4v) is 1.17. The molecule has 0 aromatic carbocycles. The highest BCUT2D eigenvalue weighted by Crippen LogP contribution is 2.13. The molecule has 1 aliphatic heterocycles. The predicted molar refractivity (Wildman–Crippen MR) is 44.6 cm³/mol. The molecule has 0 aromatic rings. The van der Waals surface area contributed by atoms with E-state index < -0.39 is 12.4 Å². The number of carbonyl (C=O) groups excluding carboxylic acids is 1. The number of hydrogen-bond acceptors (Lipinski definition) is 3. The highest BCUT2D eigenvalue weighted by molar-refractivity contribution is 5.94. The third-order valence-electron chi connectivity index (χ3n) is 1.87. The summed E-state index contributed by atoms with van der Waals surface area (Å²) in [5.74, 6) is -0.0336. The lowest BCUT2D eigenvalue weighted by molar-refractivity contribution is -0.148. The van der Waals surface area contributed by atoms with Crippen LogP contribution < -0.4 is 0 Å². The van der Waals surface area contributed by atoms with Crippen molar-refractivity contribution in [2.24, 2.45) is 0 Å². The summed E-state index contributed by atoms with van der Waals surface area (Å²) < 4.78 is 5.02. The lowest BCUT2D eigenvalue weighted by Crippen LogP contribution is -2.31. The van der Waals surface area contributed by atoms with Crippen LogP contribution in [0.2, 0.25) is 0 Å². The third-order valence-corrected chi connectivity index (χ3v) is 1.87. The second-order valence-corrected chi connectivity index (χ2v) is 2.92. The SMILES string of the molecule is CCCCC1OC(O)C=CC1=O. The number of carbonyl (C=O) groups is 1. The van der Waals surface area contributed by atoms with Crippen molar-refractivity contribution in [1.29, 1.82) is 0 Å². The van der Waals surface area contributed by atoms with Crippen molar-refractivity contribution in [2.45, 2.75) is 38.6 Å². The summed E-state index contributed by atoms with van der Waals surface area (Å²) in [5, 5.41) is 9.04. The Balaban J connectivity index is 2.43. The topological polar surface area (TPSA) is 46.5 Å². The van der Waals surface area contributed by atoms with Crippen LogP contribution in [-0.4, -0.2) is 23.3 Å². The molecule has 0 spiro atoms. The molecule has 68 valence electrons. The van der Waals surface area contributed by atoms with Crippen molar-refractivity contribution in [1.82, 2.24) is 0 Å². The van der Waals surface area contributed by atoms with Gasteiger partial charge in [0.05, 0.1) is 0 Å². The van der Waals surface area contributed by atoms with Gasteiger partial charge in [-0.25, -0.2) is 0 Å². The summed E-state index contributed by atoms with van der Waals surface area (Å²) >= 11 is 0. The Labute approximate surface area is 72.0 Å². The first-order valence-electron chi connectivity index (χ1n) is 4.29. The maximum absolute atomic E-state index is 11.1. The Morgan fingerprint density at radius 1 is 1.67 bits per heavy atom. The van der Waals surface area contributed by atoms with Gasteiger partial charge >= 0.3 is 0 Å². The smallest absolute Gasteiger partial charge is 0.184 e. The van der Waals surface area contributed by atoms with Gasteiger partial charge in [-0.2, -0.15) is 0 Å². The second-order valence-electron chi connectivity index (χ2n) is 2.92. The van der Waals surface area contributed by atoms with E-state index in [9.17, 15) is 4.79 Å². The highest BCUT2D eigenvalue weighted by atomic mass is 16.6. The summed E-state index contributed by atoms with van der Waals surface area (Å²) in [6.07, 6.45) is 4.13. The van der Waals surface area contributed by atoms with Gasteiger partial charge in [0.1, 0.15) is 6.10 Å². The van der Waals surface area contributed by atoms with E-state index >= 15 is 0 Å². The summed E-state index contributed by atoms with van der Waals surface area (Å²) in [4.78, 5) is 11.1. The fourth-order valence-electron chi connectivity index (χ4n) is 1.17. The highest BCUT2D eigenvalue weighted by Gasteiger charge is 2.22. The Morgan fingerprint density at radius 3 is 3.08 bits per heavy atom. The number of rotatable bonds is 3. The summed E-state index contributed by atoms with van der Waals surface area (Å²) in [7, 11) is 0. The van der Waals surface area contributed by atoms with Crippen molar-refractivity contribution < 1.29 is 14.6 Å². The molecule has 0 aliphatic carbocycles. The van der Waals surface area contributed by atoms with E-state index in [1.54, 1.807) is 0 Å². The molecule has 0 saturated carbocycles. The van der Waals surface area contributed by atoms with Crippen molar-refractivity contribution in [3.05, 3.63) is 12.2 Å². The number of aliphatic hydroxyl groups excluding tert-OH is 1. The quantitative estimate of drug-likeness (QED) is 0.687. The summed E-state index contributed by atoms with van der Waals surface area (Å²) in [5.41, 5.74) is 0. The molecule has 1 heterocycles. The number of hydrogen-bond donors (Lipinski definition) is 1. The van der Waals surface area contributed by atoms with E-state index in [1.807, 2.05) is 0 Å². The van der Waals surface area contributed by atoms with Gasteiger partial charge in [0.25, 0.3) is 0 Å². The average molecular weight is 170 g/mol. The van der Waals surface area contributed by atoms with Gasteiger partial charge in [-0.05, 0) is 18.6 Å². The zero-order valence-corrected chi connectivity index (χ0v) is 7.19. The summed E-state index contributed by atoms with van der Waals surface area (Å²) in [6, 6.07) is 0. The van der Waals surface area contributed by atoms with Gasteiger partial charge < -0.3 is 9.84 Å². The third kappa shape index (κ3) is 2.43. The second kappa shape index (κ2) is 4.38. The lowest BCUT2D eigenvalue weighted by atomic mass is 10.1. The molecule has 0 amide bonds. The maximum atomic E-state index is 11.1. The van der Waals surface area contributed by atoms with Gasteiger partial charge in [0.15, 0.2) is 12.1 Å². The van der Waals surface area contributed by atoms with Crippen LogP contribution >= 0.6 is 0 Å². The molecule has 0 saturated heterocycles. The first kappa shape index (κ1) is 9.42. The minimum Gasteiger partial charge on any atom is -0.365 e. The minimum absolute atomic E-state index is 0.0336. The molecule has 3 heteroatoms. The zero-order chi connectivity index (χ0) is 8.97. The first-order valence-corrected chi connectivity index (χ1v) is 4.29. The lowest BCUT2D eigenvalue weighted by Gasteiger charge is -2.20. The van der Waals surface area contributed by atoms with Crippen LogP contribution in [0.1, 0.15) is 26.2 Å². The number of ether oxygens (including phenoxy) is 1. The standard InChI is InChI=1S/C9H14O3/c1-2-3-4-8-7(10)5-6-9(11)12-8/h5-6,8-9,11H,2-4H2,1H3. The van der Waals surface area contributed by atoms with Crippen molar-refractivity contribution in [3.8, 4) is 0 Å². The van der Waals surface area contributed by atoms with E-state index in [-0.39, 0.29) is 5.78 Å². The van der Waals surface area contributed by atoms with E-state index in [1.165, 1.54) is 12.2 Å². The van der Waals surface area contributed by atoms with Gasteiger partial charge in [-0.1, -0.05) is 19.8 Å². The van der Waals surface area contributed by atoms with Crippen LogP contribution in [0.25, 0.3) is 0 Å². The van der Waals surface area contributed by atoms with Crippen molar-refractivity contribution in [2.75, 3.05) is 0 Å². The Kier molecular flexibility index (Phi) is 3.44. The van der Waals surface area contributed by atoms with Crippen LogP contribution in [0.15, 0.2) is 12.2 Å². The van der Waals surface area contributed by atoms with Crippen LogP contribution in [0.5, 0.6) is 0 Å². The van der Waals surface area contributed by atoms with Gasteiger partial charge in [0, 0.05) is 0 Å². The number of aliphatic hydroxyl groups is 1. The largest absolute Gasteiger partial charge is 0.365 e. The summed E-state index contributed by atoms with van der Waals surface area (Å²) in [6.45, 7) is 2.06. The normalized spacial score (nSPS) is 29.3. The Bertz CT molecular complexity index is 186. The van der Waals surface area contributed by atoms with Crippen LogP contribution in [0.3, 0.4) is 0 Å². The monoisotopic (exact) mass is 170 g/mol. The van der Waals surface area contributed by atoms with E-state index in [2.05, 4.69) is 6.92 Å². The molecular weight excluding hydrogens is 156 g/mol. The molecule has 0 bridgehead atoms. The Morgan fingerprint density at radius 2 is 2.42 bits per heavy atom. The molecular formula is C9H14O3. The molecule has 2 unspecified atom stereocenters. The van der Waals surface area contributed by atoms with Crippen LogP contribution in [0, 0.1) is 0 Å². The molecule has 1 aliphatic rings. The number of ketones is 1. The minimum atomic E-state index is -0.899. The van der Waals surface area contributed by atoms with Gasteiger partial charge in [-0.3, -0.25) is 4.79 Å². The zero-order valence-electron chi connectivity index (χ0n) is 7.19. The first-order chi connectivity index (χ1) is 5.74. The van der Waals surface area contributed by atoms with Crippen molar-refractivity contribution >= 4 is 5.78 Å². The molecule has 0 fully saturated rings. The van der Waals surface area contributed by atoms with Crippen molar-refractivity contribution in [3.63, 3.8) is 0 Å².